The minimum absolute atomic E-state index is 0.0429. The van der Waals surface area contributed by atoms with Gasteiger partial charge in [-0.2, -0.15) is 0 Å². The van der Waals surface area contributed by atoms with Crippen molar-refractivity contribution >= 4 is 22.2 Å². The molecule has 1 saturated carbocycles. The number of aliphatic hydroxyl groups excluding tert-OH is 1. The molecule has 0 radical (unpaired) electrons. The van der Waals surface area contributed by atoms with E-state index in [4.69, 9.17) is 0 Å². The number of carbonyl (C=O) groups excluding carboxylic acids is 1. The van der Waals surface area contributed by atoms with Crippen LogP contribution in [0.1, 0.15) is 35.5 Å². The average molecular weight is 307 g/mol. The van der Waals surface area contributed by atoms with E-state index in [1.54, 1.807) is 16.2 Å². The molecule has 1 N–H and O–H groups in total. The fraction of sp³-hybridized carbons (Fsp3) is 0.600. The molecule has 0 bridgehead atoms. The van der Waals surface area contributed by atoms with Crippen molar-refractivity contribution in [1.29, 1.82) is 0 Å². The number of nitrogens with zero attached hydrogens (tertiary/aromatic N) is 3. The quantitative estimate of drug-likeness (QED) is 0.945. The van der Waals surface area contributed by atoms with E-state index in [1.165, 1.54) is 4.88 Å². The Bertz CT molecular complexity index is 676. The summed E-state index contributed by atoms with van der Waals surface area (Å²) in [5.74, 6) is -0.191. The summed E-state index contributed by atoms with van der Waals surface area (Å²) in [7, 11) is 1.81. The molecule has 5 nitrogen and oxygen atoms in total. The summed E-state index contributed by atoms with van der Waals surface area (Å²) in [5.41, 5.74) is 2.02. The zero-order chi connectivity index (χ0) is 15.1. The maximum absolute atomic E-state index is 12.5. The van der Waals surface area contributed by atoms with Crippen molar-refractivity contribution in [1.82, 2.24) is 14.3 Å². The number of hydrogen-bond donors (Lipinski definition) is 1. The zero-order valence-corrected chi connectivity index (χ0v) is 13.5. The molecule has 0 saturated heterocycles. The fourth-order valence-corrected chi connectivity index (χ4v) is 4.00. The highest BCUT2D eigenvalue weighted by atomic mass is 32.1. The molecule has 114 valence electrons. The highest BCUT2D eigenvalue weighted by Gasteiger charge is 2.33. The Balaban J connectivity index is 1.81. The summed E-state index contributed by atoms with van der Waals surface area (Å²) < 4.78 is 2.07. The van der Waals surface area contributed by atoms with E-state index < -0.39 is 6.10 Å². The minimum Gasteiger partial charge on any atom is -0.392 e. The summed E-state index contributed by atoms with van der Waals surface area (Å²) in [5, 5.41) is 9.90. The van der Waals surface area contributed by atoms with E-state index in [2.05, 4.69) is 22.5 Å². The molecule has 1 aliphatic rings. The maximum Gasteiger partial charge on any atom is 0.228 e. The monoisotopic (exact) mass is 307 g/mol. The highest BCUT2D eigenvalue weighted by molar-refractivity contribution is 7.17. The summed E-state index contributed by atoms with van der Waals surface area (Å²) in [6, 6.07) is 0. The number of carbonyl (C=O) groups is 1. The van der Waals surface area contributed by atoms with Crippen LogP contribution >= 0.6 is 11.3 Å². The van der Waals surface area contributed by atoms with E-state index >= 15 is 0 Å². The Morgan fingerprint density at radius 1 is 1.52 bits per heavy atom. The molecule has 0 aliphatic heterocycles. The number of hydrogen-bond acceptors (Lipinski definition) is 4. The number of amides is 1. The number of aliphatic hydroxyl groups is 1. The summed E-state index contributed by atoms with van der Waals surface area (Å²) in [6.45, 7) is 4.57. The van der Waals surface area contributed by atoms with Crippen LogP contribution in [0.15, 0.2) is 6.20 Å². The lowest BCUT2D eigenvalue weighted by Gasteiger charge is -2.23. The first-order valence-electron chi connectivity index (χ1n) is 7.34. The number of rotatable bonds is 3. The third-order valence-corrected chi connectivity index (χ3v) is 5.20. The first-order valence-corrected chi connectivity index (χ1v) is 8.16. The lowest BCUT2D eigenvalue weighted by Crippen LogP contribution is -2.36. The van der Waals surface area contributed by atoms with Gasteiger partial charge in [-0.1, -0.05) is 0 Å². The summed E-state index contributed by atoms with van der Waals surface area (Å²) in [6.07, 6.45) is 4.06. The highest BCUT2D eigenvalue weighted by Crippen LogP contribution is 2.28. The minimum atomic E-state index is -0.477. The van der Waals surface area contributed by atoms with Crippen LogP contribution in [0, 0.1) is 19.8 Å². The van der Waals surface area contributed by atoms with Crippen molar-refractivity contribution in [3.63, 3.8) is 0 Å². The van der Waals surface area contributed by atoms with Gasteiger partial charge in [0, 0.05) is 18.1 Å². The Kier molecular flexibility index (Phi) is 3.75. The number of aryl methyl sites for hydroxylation is 2. The van der Waals surface area contributed by atoms with Gasteiger partial charge in [-0.05, 0) is 33.1 Å². The van der Waals surface area contributed by atoms with Gasteiger partial charge in [0.2, 0.25) is 5.91 Å². The second kappa shape index (κ2) is 5.42. The van der Waals surface area contributed by atoms with E-state index in [0.717, 1.165) is 35.6 Å². The molecule has 2 aromatic heterocycles. The van der Waals surface area contributed by atoms with Crippen LogP contribution in [0.3, 0.4) is 0 Å². The van der Waals surface area contributed by atoms with E-state index in [9.17, 15) is 9.90 Å². The van der Waals surface area contributed by atoms with Crippen molar-refractivity contribution in [3.05, 3.63) is 22.5 Å². The second-order valence-corrected chi connectivity index (χ2v) is 7.15. The molecule has 1 aliphatic carbocycles. The van der Waals surface area contributed by atoms with Crippen molar-refractivity contribution < 1.29 is 9.90 Å². The molecule has 2 aromatic rings. The first kappa shape index (κ1) is 14.5. The van der Waals surface area contributed by atoms with Crippen LogP contribution in [0.4, 0.5) is 0 Å². The fourth-order valence-electron chi connectivity index (χ4n) is 3.11. The maximum atomic E-state index is 12.5. The van der Waals surface area contributed by atoms with Gasteiger partial charge in [0.1, 0.15) is 0 Å². The van der Waals surface area contributed by atoms with Gasteiger partial charge in [-0.3, -0.25) is 9.20 Å². The Morgan fingerprint density at radius 2 is 2.29 bits per heavy atom. The second-order valence-electron chi connectivity index (χ2n) is 5.94. The van der Waals surface area contributed by atoms with E-state index in [0.29, 0.717) is 6.54 Å². The topological polar surface area (TPSA) is 57.8 Å². The molecule has 2 atom stereocenters. The number of aromatic nitrogens is 2. The van der Waals surface area contributed by atoms with E-state index in [1.807, 2.05) is 14.0 Å². The molecule has 1 fully saturated rings. The predicted molar refractivity (Wildman–Crippen MR) is 82.4 cm³/mol. The third kappa shape index (κ3) is 2.58. The van der Waals surface area contributed by atoms with Gasteiger partial charge in [-0.15, -0.1) is 11.3 Å². The zero-order valence-electron chi connectivity index (χ0n) is 12.7. The van der Waals surface area contributed by atoms with Crippen LogP contribution < -0.4 is 0 Å². The van der Waals surface area contributed by atoms with Crippen LogP contribution in [0.5, 0.6) is 0 Å². The SMILES string of the molecule is Cc1cn2c(CN(C)C(=O)C3CCCC3O)c(C)nc2s1. The van der Waals surface area contributed by atoms with Crippen LogP contribution in [0.25, 0.3) is 4.96 Å². The molecule has 21 heavy (non-hydrogen) atoms. The number of thiazole rings is 1. The van der Waals surface area contributed by atoms with Crippen molar-refractivity contribution in [2.24, 2.45) is 5.92 Å². The van der Waals surface area contributed by atoms with Crippen LogP contribution in [0.2, 0.25) is 0 Å². The van der Waals surface area contributed by atoms with Crippen molar-refractivity contribution in [3.8, 4) is 0 Å². The molecule has 6 heteroatoms. The van der Waals surface area contributed by atoms with Crippen molar-refractivity contribution in [2.75, 3.05) is 7.05 Å². The smallest absolute Gasteiger partial charge is 0.228 e. The third-order valence-electron chi connectivity index (χ3n) is 4.30. The van der Waals surface area contributed by atoms with E-state index in [-0.39, 0.29) is 11.8 Å². The lowest BCUT2D eigenvalue weighted by atomic mass is 10.0. The first-order chi connectivity index (χ1) is 9.97. The van der Waals surface area contributed by atoms with Gasteiger partial charge in [0.15, 0.2) is 4.96 Å². The van der Waals surface area contributed by atoms with Crippen molar-refractivity contribution in [2.45, 2.75) is 45.8 Å². The molecule has 0 spiro atoms. The predicted octanol–water partition coefficient (Wildman–Crippen LogP) is 2.13. The molecule has 0 aromatic carbocycles. The van der Waals surface area contributed by atoms with Crippen LogP contribution in [-0.2, 0) is 11.3 Å². The Hall–Kier alpha value is -1.40. The molecule has 2 unspecified atom stereocenters. The number of imidazole rings is 1. The molecule has 1 amide bonds. The number of fused-ring (bicyclic) bond motifs is 1. The Labute approximate surface area is 128 Å². The summed E-state index contributed by atoms with van der Waals surface area (Å²) in [4.78, 5) is 20.9. The van der Waals surface area contributed by atoms with Gasteiger partial charge in [-0.25, -0.2) is 4.98 Å². The molecule has 3 rings (SSSR count). The average Bonchev–Trinajstić information content (AvgIpc) is 3.06. The molecular formula is C15H21N3O2S. The summed E-state index contributed by atoms with van der Waals surface area (Å²) >= 11 is 1.66. The molecular weight excluding hydrogens is 286 g/mol. The Morgan fingerprint density at radius 3 is 2.95 bits per heavy atom. The molecule has 2 heterocycles. The van der Waals surface area contributed by atoms with Gasteiger partial charge < -0.3 is 10.0 Å². The van der Waals surface area contributed by atoms with Gasteiger partial charge in [0.25, 0.3) is 0 Å². The normalized spacial score (nSPS) is 22.1. The van der Waals surface area contributed by atoms with Gasteiger partial charge >= 0.3 is 0 Å². The van der Waals surface area contributed by atoms with Crippen LogP contribution in [-0.4, -0.2) is 38.4 Å². The van der Waals surface area contributed by atoms with Gasteiger partial charge in [0.05, 0.1) is 30.0 Å². The lowest BCUT2D eigenvalue weighted by molar-refractivity contribution is -0.137. The largest absolute Gasteiger partial charge is 0.392 e. The standard InChI is InChI=1S/C15H21N3O2S/c1-9-7-18-12(10(2)16-15(18)21-9)8-17(3)14(20)11-5-4-6-13(11)19/h7,11,13,19H,4-6,8H2,1-3H3.